The highest BCUT2D eigenvalue weighted by atomic mass is 16.5. The molecule has 0 aliphatic carbocycles. The predicted molar refractivity (Wildman–Crippen MR) is 118 cm³/mol. The van der Waals surface area contributed by atoms with Crippen molar-refractivity contribution in [2.75, 3.05) is 66.1 Å². The van der Waals surface area contributed by atoms with Gasteiger partial charge in [0.2, 0.25) is 0 Å². The molecule has 2 aromatic carbocycles. The molecule has 1 N–H and O–H groups in total. The van der Waals surface area contributed by atoms with Crippen LogP contribution in [0.1, 0.15) is 22.0 Å². The van der Waals surface area contributed by atoms with Crippen molar-refractivity contribution in [2.45, 2.75) is 6.04 Å². The van der Waals surface area contributed by atoms with Crippen molar-refractivity contribution in [3.8, 4) is 11.5 Å². The minimum absolute atomic E-state index is 0.0608. The molecular weight excluding hydrogens is 382 g/mol. The number of carbonyl (C=O) groups excluding carboxylic acids is 1. The van der Waals surface area contributed by atoms with Crippen molar-refractivity contribution in [1.82, 2.24) is 10.2 Å². The lowest BCUT2D eigenvalue weighted by Gasteiger charge is -2.35. The molecule has 7 nitrogen and oxygen atoms in total. The van der Waals surface area contributed by atoms with E-state index in [0.29, 0.717) is 36.8 Å². The van der Waals surface area contributed by atoms with Gasteiger partial charge in [0.1, 0.15) is 0 Å². The van der Waals surface area contributed by atoms with Gasteiger partial charge >= 0.3 is 0 Å². The van der Waals surface area contributed by atoms with Crippen LogP contribution in [0, 0.1) is 0 Å². The number of anilines is 1. The molecular formula is C23H31N3O4. The summed E-state index contributed by atoms with van der Waals surface area (Å²) in [5.41, 5.74) is 2.77. The average Bonchev–Trinajstić information content (AvgIpc) is 2.79. The third-order valence-electron chi connectivity index (χ3n) is 5.38. The van der Waals surface area contributed by atoms with E-state index in [1.165, 1.54) is 12.7 Å². The number of methoxy groups -OCH3 is 2. The van der Waals surface area contributed by atoms with Crippen molar-refractivity contribution in [2.24, 2.45) is 0 Å². The molecule has 1 heterocycles. The zero-order valence-electron chi connectivity index (χ0n) is 18.2. The van der Waals surface area contributed by atoms with E-state index in [0.717, 1.165) is 18.8 Å². The first-order valence-corrected chi connectivity index (χ1v) is 10.1. The largest absolute Gasteiger partial charge is 0.493 e. The fraction of sp³-hybridized carbons (Fsp3) is 0.435. The molecule has 1 saturated heterocycles. The molecule has 1 atom stereocenters. The smallest absolute Gasteiger partial charge is 0.255 e. The Hall–Kier alpha value is -2.77. The number of carbonyl (C=O) groups is 1. The van der Waals surface area contributed by atoms with Crippen LogP contribution in [-0.2, 0) is 4.74 Å². The van der Waals surface area contributed by atoms with Gasteiger partial charge in [-0.3, -0.25) is 9.69 Å². The van der Waals surface area contributed by atoms with E-state index in [-0.39, 0.29) is 11.9 Å². The monoisotopic (exact) mass is 413 g/mol. The SMILES string of the molecule is COc1cccc(C(=O)NC[C@H](c2ccc(N(C)C)cc2)N2CCOCC2)c1OC. The van der Waals surface area contributed by atoms with E-state index in [2.05, 4.69) is 39.4 Å². The molecule has 1 aliphatic heterocycles. The molecule has 7 heteroatoms. The van der Waals surface area contributed by atoms with Crippen LogP contribution in [0.3, 0.4) is 0 Å². The minimum Gasteiger partial charge on any atom is -0.493 e. The molecule has 0 spiro atoms. The fourth-order valence-electron chi connectivity index (χ4n) is 3.69. The summed E-state index contributed by atoms with van der Waals surface area (Å²) in [5.74, 6) is 0.791. The van der Waals surface area contributed by atoms with Crippen molar-refractivity contribution in [1.29, 1.82) is 0 Å². The van der Waals surface area contributed by atoms with Crippen molar-refractivity contribution in [3.63, 3.8) is 0 Å². The zero-order valence-corrected chi connectivity index (χ0v) is 18.2. The third kappa shape index (κ3) is 5.04. The Morgan fingerprint density at radius 3 is 2.40 bits per heavy atom. The van der Waals surface area contributed by atoms with Gasteiger partial charge in [0.15, 0.2) is 11.5 Å². The van der Waals surface area contributed by atoms with Crippen LogP contribution in [0.4, 0.5) is 5.69 Å². The molecule has 162 valence electrons. The molecule has 0 bridgehead atoms. The quantitative estimate of drug-likeness (QED) is 0.718. The Kier molecular flexibility index (Phi) is 7.54. The molecule has 1 aliphatic rings. The molecule has 0 unspecified atom stereocenters. The van der Waals surface area contributed by atoms with Gasteiger partial charge in [-0.2, -0.15) is 0 Å². The summed E-state index contributed by atoms with van der Waals surface area (Å²) in [5, 5.41) is 3.09. The maximum absolute atomic E-state index is 13.0. The number of nitrogens with one attached hydrogen (secondary N) is 1. The molecule has 0 radical (unpaired) electrons. The van der Waals surface area contributed by atoms with Crippen LogP contribution in [0.15, 0.2) is 42.5 Å². The Morgan fingerprint density at radius 1 is 1.10 bits per heavy atom. The van der Waals surface area contributed by atoms with Gasteiger partial charge in [-0.05, 0) is 29.8 Å². The molecule has 3 rings (SSSR count). The number of rotatable bonds is 8. The second-order valence-electron chi connectivity index (χ2n) is 7.40. The van der Waals surface area contributed by atoms with Crippen molar-refractivity contribution in [3.05, 3.63) is 53.6 Å². The van der Waals surface area contributed by atoms with E-state index >= 15 is 0 Å². The van der Waals surface area contributed by atoms with Crippen LogP contribution in [0.25, 0.3) is 0 Å². The maximum atomic E-state index is 13.0. The van der Waals surface area contributed by atoms with Gasteiger partial charge in [0.25, 0.3) is 5.91 Å². The van der Waals surface area contributed by atoms with Gasteiger partial charge in [-0.25, -0.2) is 0 Å². The summed E-state index contributed by atoms with van der Waals surface area (Å²) in [6.45, 7) is 3.55. The van der Waals surface area contributed by atoms with Crippen LogP contribution in [0.5, 0.6) is 11.5 Å². The van der Waals surface area contributed by atoms with Gasteiger partial charge in [0, 0.05) is 39.4 Å². The number of nitrogens with zero attached hydrogens (tertiary/aromatic N) is 2. The third-order valence-corrected chi connectivity index (χ3v) is 5.38. The number of morpholine rings is 1. The Balaban J connectivity index is 1.79. The molecule has 2 aromatic rings. The maximum Gasteiger partial charge on any atom is 0.255 e. The number of amides is 1. The lowest BCUT2D eigenvalue weighted by Crippen LogP contribution is -2.43. The normalized spacial score (nSPS) is 15.3. The standard InChI is InChI=1S/C23H31N3O4/c1-25(2)18-10-8-17(9-11-18)20(26-12-14-30-15-13-26)16-24-23(27)19-6-5-7-21(28-3)22(19)29-4/h5-11,20H,12-16H2,1-4H3,(H,24,27)/t20-/m1/s1. The number of hydrogen-bond acceptors (Lipinski definition) is 6. The minimum atomic E-state index is -0.186. The Morgan fingerprint density at radius 2 is 1.80 bits per heavy atom. The number of benzene rings is 2. The number of hydrogen-bond donors (Lipinski definition) is 1. The molecule has 0 saturated carbocycles. The second-order valence-corrected chi connectivity index (χ2v) is 7.40. The van der Waals surface area contributed by atoms with E-state index in [9.17, 15) is 4.79 Å². The molecule has 1 fully saturated rings. The first-order chi connectivity index (χ1) is 14.5. The van der Waals surface area contributed by atoms with Gasteiger partial charge in [-0.1, -0.05) is 18.2 Å². The highest BCUT2D eigenvalue weighted by Gasteiger charge is 2.24. The van der Waals surface area contributed by atoms with Crippen molar-refractivity contribution >= 4 is 11.6 Å². The van der Waals surface area contributed by atoms with Crippen molar-refractivity contribution < 1.29 is 19.0 Å². The first-order valence-electron chi connectivity index (χ1n) is 10.1. The predicted octanol–water partition coefficient (Wildman–Crippen LogP) is 2.57. The summed E-state index contributed by atoms with van der Waals surface area (Å²) in [7, 11) is 7.15. The Labute approximate surface area is 178 Å². The molecule has 30 heavy (non-hydrogen) atoms. The summed E-state index contributed by atoms with van der Waals surface area (Å²) < 4.78 is 16.3. The van der Waals surface area contributed by atoms with Crippen LogP contribution in [-0.4, -0.2) is 72.0 Å². The van der Waals surface area contributed by atoms with Crippen LogP contribution >= 0.6 is 0 Å². The lowest BCUT2D eigenvalue weighted by atomic mass is 10.0. The van der Waals surface area contributed by atoms with E-state index in [1.807, 2.05) is 14.1 Å². The van der Waals surface area contributed by atoms with E-state index in [1.54, 1.807) is 25.3 Å². The number of para-hydroxylation sites is 1. The molecule has 0 aromatic heterocycles. The highest BCUT2D eigenvalue weighted by molar-refractivity contribution is 5.97. The van der Waals surface area contributed by atoms with Gasteiger partial charge in [-0.15, -0.1) is 0 Å². The van der Waals surface area contributed by atoms with Gasteiger partial charge in [0.05, 0.1) is 39.0 Å². The van der Waals surface area contributed by atoms with Gasteiger partial charge < -0.3 is 24.4 Å². The summed E-state index contributed by atoms with van der Waals surface area (Å²) in [6, 6.07) is 13.8. The van der Waals surface area contributed by atoms with E-state index < -0.39 is 0 Å². The topological polar surface area (TPSA) is 63.3 Å². The lowest BCUT2D eigenvalue weighted by molar-refractivity contribution is 0.0162. The summed E-state index contributed by atoms with van der Waals surface area (Å²) in [4.78, 5) is 17.4. The second kappa shape index (κ2) is 10.3. The fourth-order valence-corrected chi connectivity index (χ4v) is 3.69. The zero-order chi connectivity index (χ0) is 21.5. The number of ether oxygens (including phenoxy) is 3. The van der Waals surface area contributed by atoms with Crippen LogP contribution < -0.4 is 19.7 Å². The Bertz CT molecular complexity index is 833. The summed E-state index contributed by atoms with van der Waals surface area (Å²) in [6.07, 6.45) is 0. The highest BCUT2D eigenvalue weighted by Crippen LogP contribution is 2.31. The first kappa shape index (κ1) is 21.9. The average molecular weight is 414 g/mol. The van der Waals surface area contributed by atoms with E-state index in [4.69, 9.17) is 14.2 Å². The summed E-state index contributed by atoms with van der Waals surface area (Å²) >= 11 is 0. The molecule has 1 amide bonds. The van der Waals surface area contributed by atoms with Crippen LogP contribution in [0.2, 0.25) is 0 Å².